The number of esters is 2. The van der Waals surface area contributed by atoms with Crippen molar-refractivity contribution in [1.82, 2.24) is 6.15 Å². The van der Waals surface area contributed by atoms with Crippen molar-refractivity contribution >= 4 is 11.9 Å². The molecule has 0 bridgehead atoms. The van der Waals surface area contributed by atoms with Crippen LogP contribution in [-0.4, -0.2) is 37.4 Å². The summed E-state index contributed by atoms with van der Waals surface area (Å²) in [7, 11) is 2.30. The maximum absolute atomic E-state index is 10.5. The van der Waals surface area contributed by atoms with E-state index in [0.717, 1.165) is 7.11 Å². The van der Waals surface area contributed by atoms with Gasteiger partial charge in [-0.25, -0.2) is 4.79 Å². The van der Waals surface area contributed by atoms with E-state index in [0.29, 0.717) is 0 Å². The van der Waals surface area contributed by atoms with E-state index < -0.39 is 18.0 Å². The fourth-order valence-corrected chi connectivity index (χ4v) is 0.461. The number of aliphatic hydroxyl groups excluding tert-OH is 1. The van der Waals surface area contributed by atoms with Gasteiger partial charge in [0.25, 0.3) is 0 Å². The Labute approximate surface area is 70.0 Å². The molecule has 0 amide bonds. The Morgan fingerprint density at radius 2 is 1.83 bits per heavy atom. The molecule has 0 aliphatic rings. The first-order valence-corrected chi connectivity index (χ1v) is 2.94. The Kier molecular flexibility index (Phi) is 7.36. The molecular weight excluding hydrogens is 166 g/mol. The second-order valence-electron chi connectivity index (χ2n) is 1.82. The summed E-state index contributed by atoms with van der Waals surface area (Å²) in [4.78, 5) is 20.9. The van der Waals surface area contributed by atoms with Gasteiger partial charge in [0.15, 0.2) is 6.10 Å². The van der Waals surface area contributed by atoms with Crippen LogP contribution in [0.4, 0.5) is 0 Å². The number of aliphatic hydroxyl groups is 1. The summed E-state index contributed by atoms with van der Waals surface area (Å²) in [6.45, 7) is 0. The maximum Gasteiger partial charge on any atom is 0.335 e. The normalized spacial score (nSPS) is 10.9. The van der Waals surface area contributed by atoms with Crippen molar-refractivity contribution in [3.63, 3.8) is 0 Å². The predicted octanol–water partition coefficient (Wildman–Crippen LogP) is -0.755. The van der Waals surface area contributed by atoms with Crippen LogP contribution < -0.4 is 6.15 Å². The summed E-state index contributed by atoms with van der Waals surface area (Å²) in [5, 5.41) is 8.84. The average molecular weight is 179 g/mol. The minimum absolute atomic E-state index is 0. The van der Waals surface area contributed by atoms with Crippen molar-refractivity contribution in [1.29, 1.82) is 0 Å². The smallest absolute Gasteiger partial charge is 0.335 e. The molecule has 6 nitrogen and oxygen atoms in total. The second-order valence-corrected chi connectivity index (χ2v) is 1.82. The Balaban J connectivity index is 0. The van der Waals surface area contributed by atoms with E-state index in [9.17, 15) is 9.59 Å². The van der Waals surface area contributed by atoms with Crippen LogP contribution in [-0.2, 0) is 19.1 Å². The van der Waals surface area contributed by atoms with Gasteiger partial charge in [0.1, 0.15) is 0 Å². The van der Waals surface area contributed by atoms with Crippen LogP contribution in [0, 0.1) is 0 Å². The van der Waals surface area contributed by atoms with Gasteiger partial charge in [-0.3, -0.25) is 4.79 Å². The Hall–Kier alpha value is -1.14. The molecule has 0 saturated carbocycles. The van der Waals surface area contributed by atoms with E-state index in [-0.39, 0.29) is 12.6 Å². The van der Waals surface area contributed by atoms with Crippen LogP contribution in [0.1, 0.15) is 6.42 Å². The third-order valence-electron chi connectivity index (χ3n) is 1.06. The van der Waals surface area contributed by atoms with Crippen LogP contribution in [0.15, 0.2) is 0 Å². The lowest BCUT2D eigenvalue weighted by Gasteiger charge is -2.05. The fraction of sp³-hybridized carbons (Fsp3) is 0.667. The molecule has 0 aromatic carbocycles. The summed E-state index contributed by atoms with van der Waals surface area (Å²) >= 11 is 0. The molecule has 1 unspecified atom stereocenters. The van der Waals surface area contributed by atoms with Gasteiger partial charge in [-0.15, -0.1) is 0 Å². The number of methoxy groups -OCH3 is 2. The molecule has 4 N–H and O–H groups in total. The molecule has 0 aromatic rings. The lowest BCUT2D eigenvalue weighted by atomic mass is 10.2. The van der Waals surface area contributed by atoms with Gasteiger partial charge in [0, 0.05) is 0 Å². The van der Waals surface area contributed by atoms with Gasteiger partial charge in [-0.05, 0) is 0 Å². The van der Waals surface area contributed by atoms with Crippen molar-refractivity contribution in [2.45, 2.75) is 12.5 Å². The fourth-order valence-electron chi connectivity index (χ4n) is 0.461. The minimum atomic E-state index is -1.42. The highest BCUT2D eigenvalue weighted by Gasteiger charge is 2.19. The molecule has 6 heteroatoms. The van der Waals surface area contributed by atoms with Crippen molar-refractivity contribution in [3.8, 4) is 0 Å². The standard InChI is InChI=1S/C6H10O5.H3N/c1-10-5(8)3-4(7)6(9)11-2;/h4,7H,3H2,1-2H3;1H3. The van der Waals surface area contributed by atoms with E-state index in [1.807, 2.05) is 0 Å². The summed E-state index contributed by atoms with van der Waals surface area (Å²) in [5.74, 6) is -1.49. The van der Waals surface area contributed by atoms with Gasteiger partial charge in [0.05, 0.1) is 20.6 Å². The van der Waals surface area contributed by atoms with Crippen molar-refractivity contribution in [3.05, 3.63) is 0 Å². The second kappa shape index (κ2) is 6.56. The molecule has 0 radical (unpaired) electrons. The first-order valence-electron chi connectivity index (χ1n) is 2.94. The van der Waals surface area contributed by atoms with Crippen molar-refractivity contribution in [2.24, 2.45) is 0 Å². The van der Waals surface area contributed by atoms with Crippen molar-refractivity contribution < 1.29 is 24.2 Å². The summed E-state index contributed by atoms with van der Waals surface area (Å²) in [6, 6.07) is 0. The lowest BCUT2D eigenvalue weighted by Crippen LogP contribution is -2.25. The summed E-state index contributed by atoms with van der Waals surface area (Å²) in [6.07, 6.45) is -1.80. The van der Waals surface area contributed by atoms with Crippen LogP contribution in [0.5, 0.6) is 0 Å². The highest BCUT2D eigenvalue weighted by atomic mass is 16.5. The molecule has 0 heterocycles. The summed E-state index contributed by atoms with van der Waals surface area (Å²) < 4.78 is 8.37. The predicted molar refractivity (Wildman–Crippen MR) is 39.7 cm³/mol. The van der Waals surface area contributed by atoms with Crippen LogP contribution in [0.2, 0.25) is 0 Å². The van der Waals surface area contributed by atoms with E-state index in [1.54, 1.807) is 0 Å². The van der Waals surface area contributed by atoms with E-state index in [1.165, 1.54) is 7.11 Å². The molecule has 12 heavy (non-hydrogen) atoms. The molecule has 0 aliphatic heterocycles. The van der Waals surface area contributed by atoms with E-state index in [4.69, 9.17) is 5.11 Å². The zero-order chi connectivity index (χ0) is 8.85. The highest BCUT2D eigenvalue weighted by molar-refractivity contribution is 5.81. The molecule has 0 fully saturated rings. The third-order valence-corrected chi connectivity index (χ3v) is 1.06. The van der Waals surface area contributed by atoms with Gasteiger partial charge in [-0.2, -0.15) is 0 Å². The largest absolute Gasteiger partial charge is 0.469 e. The van der Waals surface area contributed by atoms with Crippen LogP contribution in [0.25, 0.3) is 0 Å². The number of carbonyl (C=O) groups is 2. The van der Waals surface area contributed by atoms with Gasteiger partial charge in [0.2, 0.25) is 0 Å². The monoisotopic (exact) mass is 179 g/mol. The van der Waals surface area contributed by atoms with Crippen molar-refractivity contribution in [2.75, 3.05) is 14.2 Å². The van der Waals surface area contributed by atoms with Gasteiger partial charge >= 0.3 is 11.9 Å². The first kappa shape index (κ1) is 13.4. The molecular formula is C6H13NO5. The number of hydrogen-bond acceptors (Lipinski definition) is 6. The maximum atomic E-state index is 10.5. The van der Waals surface area contributed by atoms with Gasteiger partial charge < -0.3 is 20.7 Å². The molecule has 1 atom stereocenters. The number of hydrogen-bond donors (Lipinski definition) is 2. The molecule has 0 aromatic heterocycles. The zero-order valence-electron chi connectivity index (χ0n) is 7.07. The van der Waals surface area contributed by atoms with E-state index in [2.05, 4.69) is 9.47 Å². The number of carbonyl (C=O) groups excluding carboxylic acids is 2. The molecule has 0 aliphatic carbocycles. The summed E-state index contributed by atoms with van der Waals surface area (Å²) in [5.41, 5.74) is 0. The Morgan fingerprint density at radius 3 is 2.17 bits per heavy atom. The average Bonchev–Trinajstić information content (AvgIpc) is 2.02. The quantitative estimate of drug-likeness (QED) is 0.551. The molecule has 0 saturated heterocycles. The number of ether oxygens (including phenoxy) is 2. The SMILES string of the molecule is COC(=O)CC(O)C(=O)OC.N. The van der Waals surface area contributed by atoms with E-state index >= 15 is 0 Å². The Morgan fingerprint density at radius 1 is 1.33 bits per heavy atom. The lowest BCUT2D eigenvalue weighted by molar-refractivity contribution is -0.156. The highest BCUT2D eigenvalue weighted by Crippen LogP contribution is 1.95. The molecule has 0 spiro atoms. The Bertz CT molecular complexity index is 158. The van der Waals surface area contributed by atoms with Crippen LogP contribution >= 0.6 is 0 Å². The minimum Gasteiger partial charge on any atom is -0.469 e. The van der Waals surface area contributed by atoms with Crippen LogP contribution in [0.3, 0.4) is 0 Å². The topological polar surface area (TPSA) is 108 Å². The first-order chi connectivity index (χ1) is 5.11. The third kappa shape index (κ3) is 4.64. The zero-order valence-corrected chi connectivity index (χ0v) is 7.07. The van der Waals surface area contributed by atoms with Gasteiger partial charge in [-0.1, -0.05) is 0 Å². The number of rotatable bonds is 3. The molecule has 72 valence electrons. The molecule has 0 rings (SSSR count).